The fourth-order valence-electron chi connectivity index (χ4n) is 3.48. The van der Waals surface area contributed by atoms with Gasteiger partial charge in [0.1, 0.15) is 5.69 Å². The van der Waals surface area contributed by atoms with Gasteiger partial charge in [0.25, 0.3) is 11.8 Å². The van der Waals surface area contributed by atoms with E-state index in [4.69, 9.17) is 0 Å². The van der Waals surface area contributed by atoms with Gasteiger partial charge in [0.2, 0.25) is 10.0 Å². The average Bonchev–Trinajstić information content (AvgIpc) is 2.71. The second-order valence-corrected chi connectivity index (χ2v) is 9.35. The van der Waals surface area contributed by atoms with Crippen LogP contribution in [0.4, 0.5) is 0 Å². The van der Waals surface area contributed by atoms with E-state index in [1.165, 1.54) is 40.8 Å². The molecule has 3 rings (SSSR count). The molecular formula is C20H24N4O4S. The molecule has 1 aromatic heterocycles. The van der Waals surface area contributed by atoms with Crippen LogP contribution in [0, 0.1) is 11.8 Å². The van der Waals surface area contributed by atoms with Gasteiger partial charge in [-0.25, -0.2) is 8.42 Å². The third-order valence-electron chi connectivity index (χ3n) is 4.78. The maximum atomic E-state index is 12.9. The predicted molar refractivity (Wildman–Crippen MR) is 107 cm³/mol. The highest BCUT2D eigenvalue weighted by Gasteiger charge is 2.31. The molecule has 0 aliphatic carbocycles. The summed E-state index contributed by atoms with van der Waals surface area (Å²) in [7, 11) is -3.61. The number of pyridine rings is 1. The largest absolute Gasteiger partial charge is 0.288 e. The normalized spacial score (nSPS) is 20.1. The Morgan fingerprint density at radius 1 is 0.966 bits per heavy atom. The molecule has 1 saturated heterocycles. The maximum Gasteiger partial charge on any atom is 0.288 e. The SMILES string of the molecule is C[C@H]1C[C@H](C)CN(S(=O)(=O)c2ccc(C(=O)NNC(=O)c3ccccn3)cc2)C1. The van der Waals surface area contributed by atoms with Gasteiger partial charge >= 0.3 is 0 Å². The lowest BCUT2D eigenvalue weighted by Crippen LogP contribution is -2.42. The van der Waals surface area contributed by atoms with Crippen LogP contribution >= 0.6 is 0 Å². The van der Waals surface area contributed by atoms with E-state index in [0.29, 0.717) is 24.9 Å². The van der Waals surface area contributed by atoms with Crippen molar-refractivity contribution in [2.24, 2.45) is 11.8 Å². The van der Waals surface area contributed by atoms with Gasteiger partial charge in [0.15, 0.2) is 0 Å². The zero-order chi connectivity index (χ0) is 21.0. The van der Waals surface area contributed by atoms with Crippen LogP contribution in [0.1, 0.15) is 41.1 Å². The first-order chi connectivity index (χ1) is 13.8. The van der Waals surface area contributed by atoms with Crippen LogP contribution < -0.4 is 10.9 Å². The average molecular weight is 417 g/mol. The first kappa shape index (κ1) is 20.9. The van der Waals surface area contributed by atoms with Crippen LogP contribution in [0.3, 0.4) is 0 Å². The minimum absolute atomic E-state index is 0.146. The van der Waals surface area contributed by atoms with Crippen molar-refractivity contribution in [3.8, 4) is 0 Å². The van der Waals surface area contributed by atoms with Crippen molar-refractivity contribution in [2.45, 2.75) is 25.2 Å². The van der Waals surface area contributed by atoms with Gasteiger partial charge in [-0.15, -0.1) is 0 Å². The summed E-state index contributed by atoms with van der Waals surface area (Å²) in [6.07, 6.45) is 2.48. The number of hydrazine groups is 1. The Bertz CT molecular complexity index is 967. The van der Waals surface area contributed by atoms with Crippen LogP contribution in [0.2, 0.25) is 0 Å². The summed E-state index contributed by atoms with van der Waals surface area (Å²) >= 11 is 0. The number of carbonyl (C=O) groups is 2. The molecule has 9 heteroatoms. The second kappa shape index (κ2) is 8.71. The molecule has 2 N–H and O–H groups in total. The molecule has 2 aromatic rings. The van der Waals surface area contributed by atoms with Gasteiger partial charge in [-0.05, 0) is 54.7 Å². The molecular weight excluding hydrogens is 392 g/mol. The zero-order valence-electron chi connectivity index (χ0n) is 16.3. The van der Waals surface area contributed by atoms with E-state index in [-0.39, 0.29) is 16.2 Å². The van der Waals surface area contributed by atoms with Crippen molar-refractivity contribution in [1.82, 2.24) is 20.1 Å². The van der Waals surface area contributed by atoms with E-state index < -0.39 is 21.8 Å². The molecule has 2 atom stereocenters. The summed E-state index contributed by atoms with van der Waals surface area (Å²) in [6.45, 7) is 5.08. The highest BCUT2D eigenvalue weighted by atomic mass is 32.2. The van der Waals surface area contributed by atoms with Crippen LogP contribution in [-0.2, 0) is 10.0 Å². The fraction of sp³-hybridized carbons (Fsp3) is 0.350. The molecule has 29 heavy (non-hydrogen) atoms. The maximum absolute atomic E-state index is 12.9. The van der Waals surface area contributed by atoms with Crippen LogP contribution in [0.15, 0.2) is 53.6 Å². The number of hydrogen-bond acceptors (Lipinski definition) is 5. The summed E-state index contributed by atoms with van der Waals surface area (Å²) in [5, 5.41) is 0. The monoisotopic (exact) mass is 416 g/mol. The molecule has 0 radical (unpaired) electrons. The van der Waals surface area contributed by atoms with Crippen molar-refractivity contribution < 1.29 is 18.0 Å². The molecule has 2 amide bonds. The minimum atomic E-state index is -3.61. The van der Waals surface area contributed by atoms with Crippen LogP contribution in [-0.4, -0.2) is 42.6 Å². The first-order valence-corrected chi connectivity index (χ1v) is 10.8. The van der Waals surface area contributed by atoms with E-state index in [9.17, 15) is 18.0 Å². The first-order valence-electron chi connectivity index (χ1n) is 9.39. The molecule has 0 unspecified atom stereocenters. The molecule has 1 aliphatic heterocycles. The van der Waals surface area contributed by atoms with Crippen molar-refractivity contribution in [3.05, 3.63) is 59.9 Å². The summed E-state index contributed by atoms with van der Waals surface area (Å²) < 4.78 is 27.3. The number of hydrogen-bond donors (Lipinski definition) is 2. The van der Waals surface area contributed by atoms with Crippen molar-refractivity contribution in [3.63, 3.8) is 0 Å². The van der Waals surface area contributed by atoms with Crippen molar-refractivity contribution >= 4 is 21.8 Å². The molecule has 1 fully saturated rings. The molecule has 2 heterocycles. The molecule has 0 spiro atoms. The summed E-state index contributed by atoms with van der Waals surface area (Å²) in [4.78, 5) is 28.2. The Labute approximate surface area is 170 Å². The quantitative estimate of drug-likeness (QED) is 0.739. The topological polar surface area (TPSA) is 108 Å². The number of amides is 2. The lowest BCUT2D eigenvalue weighted by Gasteiger charge is -2.34. The standard InChI is InChI=1S/C20H24N4O4S/c1-14-11-15(2)13-24(12-14)29(27,28)17-8-6-16(7-9-17)19(25)22-23-20(26)18-5-3-4-10-21-18/h3-10,14-15H,11-13H2,1-2H3,(H,22,25)(H,23,26)/t14-,15-/m0/s1. The van der Waals surface area contributed by atoms with Crippen LogP contribution in [0.5, 0.6) is 0 Å². The van der Waals surface area contributed by atoms with Crippen molar-refractivity contribution in [2.75, 3.05) is 13.1 Å². The van der Waals surface area contributed by atoms with E-state index in [1.54, 1.807) is 12.1 Å². The Morgan fingerprint density at radius 2 is 1.59 bits per heavy atom. The number of rotatable bonds is 4. The number of piperidine rings is 1. The van der Waals surface area contributed by atoms with Gasteiger partial charge in [-0.2, -0.15) is 4.31 Å². The fourth-order valence-corrected chi connectivity index (χ4v) is 5.16. The molecule has 0 bridgehead atoms. The highest BCUT2D eigenvalue weighted by molar-refractivity contribution is 7.89. The lowest BCUT2D eigenvalue weighted by atomic mass is 9.94. The second-order valence-electron chi connectivity index (χ2n) is 7.42. The molecule has 8 nitrogen and oxygen atoms in total. The summed E-state index contributed by atoms with van der Waals surface area (Å²) in [5.74, 6) is -0.493. The van der Waals surface area contributed by atoms with Gasteiger partial charge < -0.3 is 0 Å². The lowest BCUT2D eigenvalue weighted by molar-refractivity contribution is 0.0844. The number of benzene rings is 1. The number of nitrogens with one attached hydrogen (secondary N) is 2. The smallest absolute Gasteiger partial charge is 0.267 e. The third kappa shape index (κ3) is 4.99. The number of sulfonamides is 1. The predicted octanol–water partition coefficient (Wildman–Crippen LogP) is 1.82. The third-order valence-corrected chi connectivity index (χ3v) is 6.62. The van der Waals surface area contributed by atoms with E-state index >= 15 is 0 Å². The van der Waals surface area contributed by atoms with E-state index in [0.717, 1.165) is 6.42 Å². The summed E-state index contributed by atoms with van der Waals surface area (Å²) in [6, 6.07) is 10.5. The molecule has 1 aromatic carbocycles. The van der Waals surface area contributed by atoms with Gasteiger partial charge in [0.05, 0.1) is 4.90 Å². The molecule has 154 valence electrons. The Hall–Kier alpha value is -2.78. The minimum Gasteiger partial charge on any atom is -0.267 e. The van der Waals surface area contributed by atoms with Crippen molar-refractivity contribution in [1.29, 1.82) is 0 Å². The van der Waals surface area contributed by atoms with Gasteiger partial charge in [-0.3, -0.25) is 25.4 Å². The number of nitrogens with zero attached hydrogens (tertiary/aromatic N) is 2. The van der Waals surface area contributed by atoms with Gasteiger partial charge in [-0.1, -0.05) is 19.9 Å². The van der Waals surface area contributed by atoms with E-state index in [2.05, 4.69) is 15.8 Å². The highest BCUT2D eigenvalue weighted by Crippen LogP contribution is 2.26. The Morgan fingerprint density at radius 3 is 2.17 bits per heavy atom. The summed E-state index contributed by atoms with van der Waals surface area (Å²) in [5.41, 5.74) is 4.96. The number of carbonyl (C=O) groups excluding carboxylic acids is 2. The Kier molecular flexibility index (Phi) is 6.29. The van der Waals surface area contributed by atoms with E-state index in [1.807, 2.05) is 13.8 Å². The van der Waals surface area contributed by atoms with Gasteiger partial charge in [0, 0.05) is 24.8 Å². The number of aromatic nitrogens is 1. The zero-order valence-corrected chi connectivity index (χ0v) is 17.1. The Balaban J connectivity index is 1.64. The molecule has 0 saturated carbocycles. The van der Waals surface area contributed by atoms with Crippen LogP contribution in [0.25, 0.3) is 0 Å². The molecule has 1 aliphatic rings.